The van der Waals surface area contributed by atoms with Gasteiger partial charge in [-0.2, -0.15) is 4.31 Å². The third-order valence-electron chi connectivity index (χ3n) is 6.68. The molecule has 0 unspecified atom stereocenters. The maximum absolute atomic E-state index is 13.8. The monoisotopic (exact) mass is 490 g/mol. The first kappa shape index (κ1) is 24.8. The van der Waals surface area contributed by atoms with E-state index in [2.05, 4.69) is 5.32 Å². The number of hydrogen-bond donors (Lipinski definition) is 1. The van der Waals surface area contributed by atoms with E-state index in [0.717, 1.165) is 24.0 Å². The van der Waals surface area contributed by atoms with Gasteiger partial charge >= 0.3 is 0 Å². The van der Waals surface area contributed by atoms with Crippen LogP contribution in [0.5, 0.6) is 0 Å². The number of sulfonamides is 1. The van der Waals surface area contributed by atoms with Gasteiger partial charge in [-0.1, -0.05) is 24.3 Å². The Morgan fingerprint density at radius 2 is 1.68 bits per heavy atom. The second kappa shape index (κ2) is 10.9. The summed E-state index contributed by atoms with van der Waals surface area (Å²) in [4.78, 5) is 12.9. The highest BCUT2D eigenvalue weighted by molar-refractivity contribution is 7.89. The molecule has 0 atom stereocenters. The molecule has 9 heteroatoms. The molecule has 2 aliphatic rings. The van der Waals surface area contributed by atoms with Gasteiger partial charge in [0, 0.05) is 44.7 Å². The molecule has 2 saturated heterocycles. The molecule has 1 amide bonds. The molecule has 0 spiro atoms. The van der Waals surface area contributed by atoms with Crippen molar-refractivity contribution in [3.8, 4) is 0 Å². The highest BCUT2D eigenvalue weighted by atomic mass is 32.2. The summed E-state index contributed by atoms with van der Waals surface area (Å²) in [5.74, 6) is -0.374. The van der Waals surface area contributed by atoms with Crippen LogP contribution in [0.2, 0.25) is 0 Å². The molecule has 7 nitrogen and oxygen atoms in total. The van der Waals surface area contributed by atoms with E-state index >= 15 is 0 Å². The molecule has 2 aromatic carbocycles. The molecule has 2 heterocycles. The number of morpholine rings is 1. The fourth-order valence-corrected chi connectivity index (χ4v) is 5.93. The number of amides is 1. The lowest BCUT2D eigenvalue weighted by Gasteiger charge is -2.38. The first-order chi connectivity index (χ1) is 16.4. The lowest BCUT2D eigenvalue weighted by molar-refractivity contribution is -0.121. The van der Waals surface area contributed by atoms with E-state index in [9.17, 15) is 17.6 Å². The summed E-state index contributed by atoms with van der Waals surface area (Å²) in [5.41, 5.74) is 1.43. The Balaban J connectivity index is 1.32. The molecular formula is C25H31FN2O5S. The SMILES string of the molecule is O=C(CCc1ccc(S(=O)(=O)N2CCOCC2)cc1)NCC1(c2cccc(F)c2)CCOCC1. The van der Waals surface area contributed by atoms with Crippen molar-refractivity contribution in [3.63, 3.8) is 0 Å². The molecule has 184 valence electrons. The maximum Gasteiger partial charge on any atom is 0.243 e. The second-order valence-electron chi connectivity index (χ2n) is 8.84. The predicted octanol–water partition coefficient (Wildman–Crippen LogP) is 2.64. The zero-order valence-corrected chi connectivity index (χ0v) is 20.0. The van der Waals surface area contributed by atoms with Crippen LogP contribution in [0.25, 0.3) is 0 Å². The number of carbonyl (C=O) groups is 1. The summed E-state index contributed by atoms with van der Waals surface area (Å²) >= 11 is 0. The van der Waals surface area contributed by atoms with Crippen molar-refractivity contribution < 1.29 is 27.1 Å². The third kappa shape index (κ3) is 5.83. The number of nitrogens with one attached hydrogen (secondary N) is 1. The predicted molar refractivity (Wildman–Crippen MR) is 125 cm³/mol. The van der Waals surface area contributed by atoms with Crippen LogP contribution >= 0.6 is 0 Å². The van der Waals surface area contributed by atoms with Crippen molar-refractivity contribution in [3.05, 3.63) is 65.5 Å². The van der Waals surface area contributed by atoms with Gasteiger partial charge in [-0.05, 0) is 54.7 Å². The van der Waals surface area contributed by atoms with E-state index in [-0.39, 0.29) is 28.5 Å². The molecule has 0 saturated carbocycles. The van der Waals surface area contributed by atoms with Gasteiger partial charge in [0.05, 0.1) is 18.1 Å². The molecule has 2 aliphatic heterocycles. The molecule has 0 radical (unpaired) electrons. The van der Waals surface area contributed by atoms with E-state index in [4.69, 9.17) is 9.47 Å². The minimum absolute atomic E-state index is 0.0905. The third-order valence-corrected chi connectivity index (χ3v) is 8.60. The van der Waals surface area contributed by atoms with Crippen LogP contribution in [-0.2, 0) is 36.1 Å². The Kier molecular flexibility index (Phi) is 7.98. The van der Waals surface area contributed by atoms with Crippen LogP contribution in [0.3, 0.4) is 0 Å². The number of benzene rings is 2. The minimum atomic E-state index is -3.53. The lowest BCUT2D eigenvalue weighted by Crippen LogP contribution is -2.44. The Hall–Kier alpha value is -2.33. The van der Waals surface area contributed by atoms with E-state index in [1.807, 2.05) is 6.07 Å². The molecule has 4 rings (SSSR count). The standard InChI is InChI=1S/C25H31FN2O5S/c26-22-3-1-2-21(18-22)25(10-14-32-15-11-25)19-27-24(29)9-6-20-4-7-23(8-5-20)34(30,31)28-12-16-33-17-13-28/h1-5,7-8,18H,6,9-17,19H2,(H,27,29). The first-order valence-electron chi connectivity index (χ1n) is 11.7. The van der Waals surface area contributed by atoms with Crippen molar-refractivity contribution in [1.82, 2.24) is 9.62 Å². The minimum Gasteiger partial charge on any atom is -0.381 e. The maximum atomic E-state index is 13.8. The lowest BCUT2D eigenvalue weighted by atomic mass is 9.74. The van der Waals surface area contributed by atoms with Crippen molar-refractivity contribution in [1.29, 1.82) is 0 Å². The Morgan fingerprint density at radius 3 is 2.35 bits per heavy atom. The van der Waals surface area contributed by atoms with Crippen LogP contribution in [-0.4, -0.2) is 64.7 Å². The average Bonchev–Trinajstić information content (AvgIpc) is 2.87. The first-order valence-corrected chi connectivity index (χ1v) is 13.1. The Morgan fingerprint density at radius 1 is 1.00 bits per heavy atom. The number of ether oxygens (including phenoxy) is 2. The van der Waals surface area contributed by atoms with Crippen molar-refractivity contribution >= 4 is 15.9 Å². The summed E-state index contributed by atoms with van der Waals surface area (Å²) in [7, 11) is -3.53. The van der Waals surface area contributed by atoms with Gasteiger partial charge in [0.1, 0.15) is 5.82 Å². The van der Waals surface area contributed by atoms with Gasteiger partial charge in [0.25, 0.3) is 0 Å². The van der Waals surface area contributed by atoms with Crippen LogP contribution in [0, 0.1) is 5.82 Å². The Labute approximate surface area is 200 Å². The van der Waals surface area contributed by atoms with Crippen molar-refractivity contribution in [2.45, 2.75) is 36.0 Å². The van der Waals surface area contributed by atoms with Gasteiger partial charge in [0.15, 0.2) is 0 Å². The van der Waals surface area contributed by atoms with Crippen LogP contribution in [0.1, 0.15) is 30.4 Å². The number of rotatable bonds is 8. The molecule has 34 heavy (non-hydrogen) atoms. The second-order valence-corrected chi connectivity index (χ2v) is 10.8. The zero-order valence-electron chi connectivity index (χ0n) is 19.2. The fourth-order valence-electron chi connectivity index (χ4n) is 4.53. The molecule has 2 aromatic rings. The van der Waals surface area contributed by atoms with Gasteiger partial charge in [0.2, 0.25) is 15.9 Å². The molecule has 1 N–H and O–H groups in total. The zero-order chi connectivity index (χ0) is 24.0. The van der Waals surface area contributed by atoms with Crippen LogP contribution in [0.4, 0.5) is 4.39 Å². The summed E-state index contributed by atoms with van der Waals surface area (Å²) in [6.07, 6.45) is 2.22. The summed E-state index contributed by atoms with van der Waals surface area (Å²) in [6, 6.07) is 13.3. The summed E-state index contributed by atoms with van der Waals surface area (Å²) in [6.45, 7) is 3.09. The van der Waals surface area contributed by atoms with E-state index in [1.54, 1.807) is 36.4 Å². The number of halogens is 1. The van der Waals surface area contributed by atoms with Crippen molar-refractivity contribution in [2.24, 2.45) is 0 Å². The van der Waals surface area contributed by atoms with Gasteiger partial charge in [-0.3, -0.25) is 4.79 Å². The number of nitrogens with zero attached hydrogens (tertiary/aromatic N) is 1. The number of hydrogen-bond acceptors (Lipinski definition) is 5. The van der Waals surface area contributed by atoms with Crippen LogP contribution < -0.4 is 5.32 Å². The molecular weight excluding hydrogens is 459 g/mol. The van der Waals surface area contributed by atoms with E-state index in [1.165, 1.54) is 10.4 Å². The van der Waals surface area contributed by atoms with Crippen LogP contribution in [0.15, 0.2) is 53.4 Å². The molecule has 0 bridgehead atoms. The average molecular weight is 491 g/mol. The fraction of sp³-hybridized carbons (Fsp3) is 0.480. The highest BCUT2D eigenvalue weighted by Gasteiger charge is 2.35. The van der Waals surface area contributed by atoms with E-state index < -0.39 is 10.0 Å². The molecule has 0 aromatic heterocycles. The topological polar surface area (TPSA) is 84.9 Å². The Bertz CT molecular complexity index is 1080. The highest BCUT2D eigenvalue weighted by Crippen LogP contribution is 2.34. The van der Waals surface area contributed by atoms with Crippen molar-refractivity contribution in [2.75, 3.05) is 46.1 Å². The van der Waals surface area contributed by atoms with E-state index in [0.29, 0.717) is 52.5 Å². The smallest absolute Gasteiger partial charge is 0.243 e. The quantitative estimate of drug-likeness (QED) is 0.615. The largest absolute Gasteiger partial charge is 0.381 e. The van der Waals surface area contributed by atoms with Gasteiger partial charge in [-0.25, -0.2) is 12.8 Å². The van der Waals surface area contributed by atoms with Gasteiger partial charge in [-0.15, -0.1) is 0 Å². The normalized spacial score (nSPS) is 19.0. The molecule has 2 fully saturated rings. The van der Waals surface area contributed by atoms with Gasteiger partial charge < -0.3 is 14.8 Å². The number of aryl methyl sites for hydroxylation is 1. The molecule has 0 aliphatic carbocycles. The number of carbonyl (C=O) groups excluding carboxylic acids is 1. The summed E-state index contributed by atoms with van der Waals surface area (Å²) < 4.78 is 51.5. The summed E-state index contributed by atoms with van der Waals surface area (Å²) in [5, 5.41) is 3.03.